The van der Waals surface area contributed by atoms with Crippen molar-refractivity contribution in [2.45, 2.75) is 18.5 Å². The van der Waals surface area contributed by atoms with Crippen LogP contribution in [0.4, 0.5) is 0 Å². The summed E-state index contributed by atoms with van der Waals surface area (Å²) in [4.78, 5) is 6.97. The van der Waals surface area contributed by atoms with Crippen LogP contribution in [-0.4, -0.2) is 67.8 Å². The van der Waals surface area contributed by atoms with Crippen molar-refractivity contribution in [1.29, 1.82) is 0 Å². The van der Waals surface area contributed by atoms with E-state index in [0.29, 0.717) is 6.54 Å². The maximum absolute atomic E-state index is 6.23. The molecule has 7 heteroatoms. The van der Waals surface area contributed by atoms with Gasteiger partial charge >= 0.3 is 0 Å². The number of rotatable bonds is 5. The van der Waals surface area contributed by atoms with Gasteiger partial charge in [0.05, 0.1) is 13.2 Å². The molecule has 138 valence electrons. The van der Waals surface area contributed by atoms with Gasteiger partial charge in [0.25, 0.3) is 0 Å². The molecule has 2 aliphatic heterocycles. The van der Waals surface area contributed by atoms with E-state index in [2.05, 4.69) is 20.5 Å². The van der Waals surface area contributed by atoms with Crippen LogP contribution in [0.1, 0.15) is 12.0 Å². The number of hydrogen-bond donors (Lipinski definition) is 2. The van der Waals surface area contributed by atoms with E-state index in [0.717, 1.165) is 49.4 Å². The van der Waals surface area contributed by atoms with E-state index in [1.807, 2.05) is 43.1 Å². The van der Waals surface area contributed by atoms with E-state index in [-0.39, 0.29) is 5.54 Å². The minimum atomic E-state index is 0.205. The van der Waals surface area contributed by atoms with Crippen LogP contribution in [0.15, 0.2) is 29.3 Å². The number of ether oxygens (including phenoxy) is 1. The lowest BCUT2D eigenvalue weighted by atomic mass is 9.95. The summed E-state index contributed by atoms with van der Waals surface area (Å²) in [7, 11) is 1.81. The highest BCUT2D eigenvalue weighted by atomic mass is 35.5. The molecule has 0 aliphatic carbocycles. The van der Waals surface area contributed by atoms with E-state index >= 15 is 0 Å². The van der Waals surface area contributed by atoms with Gasteiger partial charge in [0.2, 0.25) is 0 Å². The Labute approximate surface area is 159 Å². The fourth-order valence-electron chi connectivity index (χ4n) is 3.42. The molecule has 0 amide bonds. The zero-order valence-corrected chi connectivity index (χ0v) is 16.3. The van der Waals surface area contributed by atoms with Gasteiger partial charge in [-0.05, 0) is 23.8 Å². The van der Waals surface area contributed by atoms with Crippen molar-refractivity contribution < 1.29 is 4.74 Å². The van der Waals surface area contributed by atoms with Crippen LogP contribution in [0.5, 0.6) is 0 Å². The lowest BCUT2D eigenvalue weighted by Crippen LogP contribution is -2.60. The standard InChI is InChI=1S/C18H27ClN4OS/c1-20-17(21-12-15-4-2-3-5-16(15)19)22-13-18(6-11-25-14-18)23-7-9-24-10-8-23/h2-5H,6-14H2,1H3,(H2,20,21,22). The Kier molecular flexibility index (Phi) is 6.87. The van der Waals surface area contributed by atoms with E-state index in [9.17, 15) is 0 Å². The van der Waals surface area contributed by atoms with Crippen LogP contribution in [0.2, 0.25) is 5.02 Å². The van der Waals surface area contributed by atoms with Gasteiger partial charge in [-0.25, -0.2) is 0 Å². The second-order valence-electron chi connectivity index (χ2n) is 6.50. The Morgan fingerprint density at radius 2 is 2.12 bits per heavy atom. The number of aliphatic imine (C=N–C) groups is 1. The molecule has 2 saturated heterocycles. The van der Waals surface area contributed by atoms with E-state index < -0.39 is 0 Å². The Morgan fingerprint density at radius 3 is 2.80 bits per heavy atom. The number of nitrogens with zero attached hydrogens (tertiary/aromatic N) is 2. The number of guanidine groups is 1. The zero-order valence-electron chi connectivity index (χ0n) is 14.8. The third-order valence-electron chi connectivity index (χ3n) is 4.98. The van der Waals surface area contributed by atoms with E-state index in [4.69, 9.17) is 16.3 Å². The second-order valence-corrected chi connectivity index (χ2v) is 8.01. The van der Waals surface area contributed by atoms with Crippen LogP contribution >= 0.6 is 23.4 Å². The first-order valence-corrected chi connectivity index (χ1v) is 10.4. The Morgan fingerprint density at radius 1 is 1.32 bits per heavy atom. The first-order chi connectivity index (χ1) is 12.2. The lowest BCUT2D eigenvalue weighted by molar-refractivity contribution is -0.0120. The van der Waals surface area contributed by atoms with Gasteiger partial charge < -0.3 is 15.4 Å². The first kappa shape index (κ1) is 18.8. The number of halogens is 1. The topological polar surface area (TPSA) is 48.9 Å². The van der Waals surface area contributed by atoms with Crippen molar-refractivity contribution in [3.05, 3.63) is 34.9 Å². The van der Waals surface area contributed by atoms with Gasteiger partial charge in [0, 0.05) is 49.5 Å². The average Bonchev–Trinajstić information content (AvgIpc) is 3.14. The van der Waals surface area contributed by atoms with Gasteiger partial charge in [-0.3, -0.25) is 9.89 Å². The fourth-order valence-corrected chi connectivity index (χ4v) is 5.10. The van der Waals surface area contributed by atoms with Crippen molar-refractivity contribution >= 4 is 29.3 Å². The molecule has 1 unspecified atom stereocenters. The van der Waals surface area contributed by atoms with Gasteiger partial charge in [-0.1, -0.05) is 29.8 Å². The molecule has 1 aromatic rings. The molecule has 0 saturated carbocycles. The molecule has 0 spiro atoms. The van der Waals surface area contributed by atoms with Crippen molar-refractivity contribution in [2.24, 2.45) is 4.99 Å². The molecule has 2 fully saturated rings. The maximum atomic E-state index is 6.23. The number of thioether (sulfide) groups is 1. The smallest absolute Gasteiger partial charge is 0.191 e. The summed E-state index contributed by atoms with van der Waals surface area (Å²) in [6.07, 6.45) is 1.21. The highest BCUT2D eigenvalue weighted by molar-refractivity contribution is 7.99. The maximum Gasteiger partial charge on any atom is 0.191 e. The molecule has 2 aliphatic rings. The first-order valence-electron chi connectivity index (χ1n) is 8.82. The third kappa shape index (κ3) is 4.82. The molecular weight excluding hydrogens is 356 g/mol. The largest absolute Gasteiger partial charge is 0.379 e. The number of nitrogens with one attached hydrogen (secondary N) is 2. The minimum absolute atomic E-state index is 0.205. The van der Waals surface area contributed by atoms with E-state index in [1.54, 1.807) is 0 Å². The highest BCUT2D eigenvalue weighted by Crippen LogP contribution is 2.33. The quantitative estimate of drug-likeness (QED) is 0.604. The van der Waals surface area contributed by atoms with Gasteiger partial charge in [0.15, 0.2) is 5.96 Å². The summed E-state index contributed by atoms with van der Waals surface area (Å²) in [6.45, 7) is 5.29. The van der Waals surface area contributed by atoms with Crippen molar-refractivity contribution in [1.82, 2.24) is 15.5 Å². The molecular formula is C18H27ClN4OS. The van der Waals surface area contributed by atoms with Crippen molar-refractivity contribution in [2.75, 3.05) is 51.4 Å². The van der Waals surface area contributed by atoms with Crippen molar-refractivity contribution in [3.63, 3.8) is 0 Å². The highest BCUT2D eigenvalue weighted by Gasteiger charge is 2.40. The van der Waals surface area contributed by atoms with Gasteiger partial charge in [-0.15, -0.1) is 0 Å². The molecule has 3 rings (SSSR count). The summed E-state index contributed by atoms with van der Waals surface area (Å²) < 4.78 is 5.53. The van der Waals surface area contributed by atoms with E-state index in [1.165, 1.54) is 17.9 Å². The monoisotopic (exact) mass is 382 g/mol. The Balaban J connectivity index is 1.56. The predicted molar refractivity (Wildman–Crippen MR) is 107 cm³/mol. The predicted octanol–water partition coefficient (Wildman–Crippen LogP) is 2.21. The minimum Gasteiger partial charge on any atom is -0.379 e. The molecule has 1 aromatic carbocycles. The zero-order chi connectivity index (χ0) is 17.5. The second kappa shape index (κ2) is 9.12. The number of hydrogen-bond acceptors (Lipinski definition) is 4. The lowest BCUT2D eigenvalue weighted by Gasteiger charge is -2.43. The molecule has 2 heterocycles. The fraction of sp³-hybridized carbons (Fsp3) is 0.611. The molecule has 0 radical (unpaired) electrons. The summed E-state index contributed by atoms with van der Waals surface area (Å²) in [5.41, 5.74) is 1.28. The van der Waals surface area contributed by atoms with Gasteiger partial charge in [-0.2, -0.15) is 11.8 Å². The number of morpholine rings is 1. The van der Waals surface area contributed by atoms with Gasteiger partial charge in [0.1, 0.15) is 0 Å². The normalized spacial score (nSPS) is 25.1. The summed E-state index contributed by atoms with van der Waals surface area (Å²) in [5.74, 6) is 3.22. The summed E-state index contributed by atoms with van der Waals surface area (Å²) in [6, 6.07) is 7.90. The Hall–Kier alpha value is -0.950. The molecule has 0 bridgehead atoms. The molecule has 0 aromatic heterocycles. The number of benzene rings is 1. The van der Waals surface area contributed by atoms with Crippen LogP contribution in [-0.2, 0) is 11.3 Å². The molecule has 2 N–H and O–H groups in total. The van der Waals surface area contributed by atoms with Crippen LogP contribution in [0.25, 0.3) is 0 Å². The molecule has 1 atom stereocenters. The van der Waals surface area contributed by atoms with Crippen LogP contribution < -0.4 is 10.6 Å². The third-order valence-corrected chi connectivity index (χ3v) is 6.58. The van der Waals surface area contributed by atoms with Crippen LogP contribution in [0.3, 0.4) is 0 Å². The van der Waals surface area contributed by atoms with Crippen LogP contribution in [0, 0.1) is 0 Å². The molecule has 25 heavy (non-hydrogen) atoms. The molecule has 5 nitrogen and oxygen atoms in total. The Bertz CT molecular complexity index is 586. The van der Waals surface area contributed by atoms with Crippen molar-refractivity contribution in [3.8, 4) is 0 Å². The SMILES string of the molecule is CN=C(NCc1ccccc1Cl)NCC1(N2CCOCC2)CCSC1. The summed E-state index contributed by atoms with van der Waals surface area (Å²) >= 11 is 8.28. The average molecular weight is 383 g/mol. The summed E-state index contributed by atoms with van der Waals surface area (Å²) in [5, 5.41) is 7.69.